The number of rotatable bonds is 1. The maximum Gasteiger partial charge on any atom is 0.191 e. The van der Waals surface area contributed by atoms with Crippen molar-refractivity contribution in [3.63, 3.8) is 0 Å². The Bertz CT molecular complexity index is 369. The zero-order valence-electron chi connectivity index (χ0n) is 6.56. The highest BCUT2D eigenvalue weighted by Crippen LogP contribution is 2.13. The van der Waals surface area contributed by atoms with E-state index in [4.69, 9.17) is 0 Å². The Morgan fingerprint density at radius 2 is 2.25 bits per heavy atom. The van der Waals surface area contributed by atoms with E-state index >= 15 is 0 Å². The Kier molecular flexibility index (Phi) is 1.83. The summed E-state index contributed by atoms with van der Waals surface area (Å²) in [6.45, 7) is 1.93. The minimum absolute atomic E-state index is 0.720. The normalized spacial score (nSPS) is 10.1. The van der Waals surface area contributed by atoms with E-state index in [1.807, 2.05) is 25.1 Å². The second kappa shape index (κ2) is 2.98. The molecule has 2 aromatic heterocycles. The van der Waals surface area contributed by atoms with Gasteiger partial charge in [-0.15, -0.1) is 0 Å². The van der Waals surface area contributed by atoms with E-state index in [2.05, 4.69) is 14.3 Å². The highest BCUT2D eigenvalue weighted by molar-refractivity contribution is 7.05. The Balaban J connectivity index is 2.45. The van der Waals surface area contributed by atoms with Crippen LogP contribution in [0.25, 0.3) is 11.5 Å². The first-order valence-electron chi connectivity index (χ1n) is 3.58. The molecule has 0 unspecified atom stereocenters. The van der Waals surface area contributed by atoms with Gasteiger partial charge >= 0.3 is 0 Å². The van der Waals surface area contributed by atoms with Gasteiger partial charge in [0.15, 0.2) is 5.82 Å². The van der Waals surface area contributed by atoms with Gasteiger partial charge < -0.3 is 0 Å². The summed E-state index contributed by atoms with van der Waals surface area (Å²) in [6, 6.07) is 5.71. The number of nitrogens with zero attached hydrogens (tertiary/aromatic N) is 3. The summed E-state index contributed by atoms with van der Waals surface area (Å²) < 4.78 is 4.15. The van der Waals surface area contributed by atoms with Crippen molar-refractivity contribution in [1.29, 1.82) is 0 Å². The quantitative estimate of drug-likeness (QED) is 0.667. The number of aryl methyl sites for hydroxylation is 1. The fraction of sp³-hybridized carbons (Fsp3) is 0.125. The van der Waals surface area contributed by atoms with Gasteiger partial charge in [-0.25, -0.2) is 4.98 Å². The highest BCUT2D eigenvalue weighted by Gasteiger charge is 2.02. The molecule has 0 saturated heterocycles. The van der Waals surface area contributed by atoms with Crippen LogP contribution in [0.2, 0.25) is 0 Å². The van der Waals surface area contributed by atoms with Gasteiger partial charge in [0, 0.05) is 6.20 Å². The molecular formula is C8H7N3S. The number of pyridine rings is 1. The minimum Gasteiger partial charge on any atom is -0.253 e. The fourth-order valence-corrected chi connectivity index (χ4v) is 1.38. The predicted octanol–water partition coefficient (Wildman–Crippen LogP) is 1.91. The van der Waals surface area contributed by atoms with Crippen molar-refractivity contribution in [1.82, 2.24) is 14.3 Å². The van der Waals surface area contributed by atoms with Crippen molar-refractivity contribution in [3.05, 3.63) is 29.4 Å². The summed E-state index contributed by atoms with van der Waals surface area (Å²) in [5.41, 5.74) is 0.835. The first-order chi connectivity index (χ1) is 5.86. The average molecular weight is 177 g/mol. The van der Waals surface area contributed by atoms with Crippen LogP contribution in [-0.4, -0.2) is 14.3 Å². The largest absolute Gasteiger partial charge is 0.253 e. The average Bonchev–Trinajstić information content (AvgIpc) is 2.54. The Morgan fingerprint density at radius 3 is 2.83 bits per heavy atom. The van der Waals surface area contributed by atoms with Crippen molar-refractivity contribution >= 4 is 11.5 Å². The molecule has 0 spiro atoms. The third kappa shape index (κ3) is 1.33. The van der Waals surface area contributed by atoms with Crippen LogP contribution in [0.1, 0.15) is 5.01 Å². The van der Waals surface area contributed by atoms with Gasteiger partial charge in [-0.05, 0) is 30.6 Å². The lowest BCUT2D eigenvalue weighted by Gasteiger charge is -1.90. The van der Waals surface area contributed by atoms with Crippen LogP contribution in [0.15, 0.2) is 24.4 Å². The van der Waals surface area contributed by atoms with E-state index in [9.17, 15) is 0 Å². The molecule has 0 aromatic carbocycles. The molecule has 0 saturated carbocycles. The molecule has 0 bridgehead atoms. The number of aromatic nitrogens is 3. The lowest BCUT2D eigenvalue weighted by molar-refractivity contribution is 1.20. The van der Waals surface area contributed by atoms with Gasteiger partial charge in [0.25, 0.3) is 0 Å². The maximum absolute atomic E-state index is 4.23. The summed E-state index contributed by atoms with van der Waals surface area (Å²) in [4.78, 5) is 8.37. The van der Waals surface area contributed by atoms with Gasteiger partial charge in [0.1, 0.15) is 10.7 Å². The lowest BCUT2D eigenvalue weighted by Crippen LogP contribution is -1.83. The summed E-state index contributed by atoms with van der Waals surface area (Å²) in [5, 5.41) is 0.968. The summed E-state index contributed by atoms with van der Waals surface area (Å²) in [6.07, 6.45) is 1.74. The molecule has 0 aliphatic rings. The molecule has 0 fully saturated rings. The van der Waals surface area contributed by atoms with Crippen molar-refractivity contribution < 1.29 is 0 Å². The lowest BCUT2D eigenvalue weighted by atomic mass is 10.3. The molecule has 0 N–H and O–H groups in total. The smallest absolute Gasteiger partial charge is 0.191 e. The SMILES string of the molecule is Cc1nc(-c2ccccn2)ns1. The van der Waals surface area contributed by atoms with Crippen molar-refractivity contribution in [3.8, 4) is 11.5 Å². The van der Waals surface area contributed by atoms with E-state index in [1.54, 1.807) is 6.20 Å². The molecule has 0 aliphatic heterocycles. The third-order valence-electron chi connectivity index (χ3n) is 1.42. The van der Waals surface area contributed by atoms with E-state index in [-0.39, 0.29) is 0 Å². The van der Waals surface area contributed by atoms with Crippen molar-refractivity contribution in [2.75, 3.05) is 0 Å². The van der Waals surface area contributed by atoms with Crippen LogP contribution < -0.4 is 0 Å². The highest BCUT2D eigenvalue weighted by atomic mass is 32.1. The molecule has 3 nitrogen and oxygen atoms in total. The van der Waals surface area contributed by atoms with E-state index in [0.29, 0.717) is 0 Å². The molecule has 2 rings (SSSR count). The van der Waals surface area contributed by atoms with Gasteiger partial charge in [-0.3, -0.25) is 4.98 Å². The van der Waals surface area contributed by atoms with Crippen molar-refractivity contribution in [2.24, 2.45) is 0 Å². The maximum atomic E-state index is 4.23. The van der Waals surface area contributed by atoms with E-state index < -0.39 is 0 Å². The van der Waals surface area contributed by atoms with E-state index in [0.717, 1.165) is 16.5 Å². The van der Waals surface area contributed by atoms with Crippen molar-refractivity contribution in [2.45, 2.75) is 6.92 Å². The molecular weight excluding hydrogens is 170 g/mol. The fourth-order valence-electron chi connectivity index (χ4n) is 0.898. The number of hydrogen-bond acceptors (Lipinski definition) is 4. The molecule has 0 atom stereocenters. The van der Waals surface area contributed by atoms with Gasteiger partial charge in [0.05, 0.1) is 0 Å². The summed E-state index contributed by atoms with van der Waals surface area (Å²) in [5.74, 6) is 0.720. The first kappa shape index (κ1) is 7.36. The Hall–Kier alpha value is -1.29. The van der Waals surface area contributed by atoms with Gasteiger partial charge in [-0.1, -0.05) is 6.07 Å². The topological polar surface area (TPSA) is 38.7 Å². The molecule has 2 aromatic rings. The molecule has 0 radical (unpaired) electrons. The van der Waals surface area contributed by atoms with Crippen LogP contribution in [-0.2, 0) is 0 Å². The van der Waals surface area contributed by atoms with Crippen LogP contribution in [0.5, 0.6) is 0 Å². The second-order valence-electron chi connectivity index (χ2n) is 2.35. The van der Waals surface area contributed by atoms with Gasteiger partial charge in [-0.2, -0.15) is 4.37 Å². The molecule has 60 valence electrons. The van der Waals surface area contributed by atoms with E-state index in [1.165, 1.54) is 11.5 Å². The summed E-state index contributed by atoms with van der Waals surface area (Å²) in [7, 11) is 0. The zero-order valence-corrected chi connectivity index (χ0v) is 7.38. The van der Waals surface area contributed by atoms with Gasteiger partial charge in [0.2, 0.25) is 0 Å². The Morgan fingerprint density at radius 1 is 1.33 bits per heavy atom. The molecule has 12 heavy (non-hydrogen) atoms. The first-order valence-corrected chi connectivity index (χ1v) is 4.35. The third-order valence-corrected chi connectivity index (χ3v) is 2.04. The molecule has 0 amide bonds. The standard InChI is InChI=1S/C8H7N3S/c1-6-10-8(11-12-6)7-4-2-3-5-9-7/h2-5H,1H3. The monoisotopic (exact) mass is 177 g/mol. The van der Waals surface area contributed by atoms with Crippen LogP contribution in [0.3, 0.4) is 0 Å². The van der Waals surface area contributed by atoms with Crippen LogP contribution in [0.4, 0.5) is 0 Å². The minimum atomic E-state index is 0.720. The Labute approximate surface area is 74.3 Å². The predicted molar refractivity (Wildman–Crippen MR) is 47.9 cm³/mol. The molecule has 2 heterocycles. The molecule has 4 heteroatoms. The zero-order chi connectivity index (χ0) is 8.39. The van der Waals surface area contributed by atoms with Crippen LogP contribution in [0, 0.1) is 6.92 Å². The number of hydrogen-bond donors (Lipinski definition) is 0. The second-order valence-corrected chi connectivity index (χ2v) is 3.31. The summed E-state index contributed by atoms with van der Waals surface area (Å²) >= 11 is 1.40. The molecule has 0 aliphatic carbocycles. The van der Waals surface area contributed by atoms with Crippen LogP contribution >= 0.6 is 11.5 Å².